The smallest absolute Gasteiger partial charge is 0.244 e. The van der Waals surface area contributed by atoms with E-state index in [1.807, 2.05) is 45.0 Å². The van der Waals surface area contributed by atoms with Crippen molar-refractivity contribution >= 4 is 27.5 Å². The van der Waals surface area contributed by atoms with E-state index in [2.05, 4.69) is 5.32 Å². The van der Waals surface area contributed by atoms with Gasteiger partial charge in [-0.1, -0.05) is 50.6 Å². The Morgan fingerprint density at radius 2 is 1.74 bits per heavy atom. The fraction of sp³-hybridized carbons (Fsp3) is 0.440. The average molecular weight is 510 g/mol. The van der Waals surface area contributed by atoms with Gasteiger partial charge in [-0.25, -0.2) is 17.2 Å². The lowest BCUT2D eigenvalue weighted by Gasteiger charge is -2.33. The van der Waals surface area contributed by atoms with Crippen molar-refractivity contribution in [3.63, 3.8) is 0 Å². The molecular formula is C25H33F2N3O4S. The van der Waals surface area contributed by atoms with Gasteiger partial charge in [-0.15, -0.1) is 0 Å². The number of carbonyl (C=O) groups excluding carboxylic acids is 2. The van der Waals surface area contributed by atoms with Crippen molar-refractivity contribution in [1.29, 1.82) is 0 Å². The molecule has 1 N–H and O–H groups in total. The lowest BCUT2D eigenvalue weighted by atomic mass is 10.1. The van der Waals surface area contributed by atoms with Gasteiger partial charge in [0, 0.05) is 19.2 Å². The third-order valence-electron chi connectivity index (χ3n) is 5.38. The van der Waals surface area contributed by atoms with Crippen LogP contribution < -0.4 is 9.62 Å². The fourth-order valence-electron chi connectivity index (χ4n) is 3.60. The molecule has 1 atom stereocenters. The van der Waals surface area contributed by atoms with Gasteiger partial charge in [0.2, 0.25) is 21.8 Å². The second-order valence-corrected chi connectivity index (χ2v) is 10.8. The zero-order chi connectivity index (χ0) is 26.3. The average Bonchev–Trinajstić information content (AvgIpc) is 2.77. The largest absolute Gasteiger partial charge is 0.354 e. The van der Waals surface area contributed by atoms with Gasteiger partial charge in [0.1, 0.15) is 12.6 Å². The Bertz CT molecular complexity index is 1160. The van der Waals surface area contributed by atoms with Crippen molar-refractivity contribution in [1.82, 2.24) is 10.2 Å². The number of aryl methyl sites for hydroxylation is 1. The molecule has 0 bridgehead atoms. The van der Waals surface area contributed by atoms with Crippen molar-refractivity contribution in [2.24, 2.45) is 5.92 Å². The summed E-state index contributed by atoms with van der Waals surface area (Å²) in [7, 11) is -4.03. The molecule has 0 saturated heterocycles. The number of carbonyl (C=O) groups is 2. The molecule has 0 unspecified atom stereocenters. The second-order valence-electron chi connectivity index (χ2n) is 8.94. The SMILES string of the molecule is CC[C@@H](C(=O)NCC(C)C)N(Cc1cccc(C)c1)C(=O)CN(c1ccc(F)c(F)c1)S(C)(=O)=O. The molecule has 2 aromatic rings. The molecule has 0 aromatic heterocycles. The van der Waals surface area contributed by atoms with Crippen LogP contribution in [0.3, 0.4) is 0 Å². The molecule has 35 heavy (non-hydrogen) atoms. The zero-order valence-corrected chi connectivity index (χ0v) is 21.5. The third-order valence-corrected chi connectivity index (χ3v) is 6.52. The maximum atomic E-state index is 13.8. The summed E-state index contributed by atoms with van der Waals surface area (Å²) in [5, 5.41) is 2.84. The van der Waals surface area contributed by atoms with Crippen LogP contribution in [0.1, 0.15) is 38.3 Å². The molecule has 0 spiro atoms. The number of anilines is 1. The van der Waals surface area contributed by atoms with E-state index >= 15 is 0 Å². The predicted molar refractivity (Wildman–Crippen MR) is 132 cm³/mol. The number of rotatable bonds is 11. The van der Waals surface area contributed by atoms with E-state index in [0.29, 0.717) is 17.3 Å². The van der Waals surface area contributed by atoms with Gasteiger partial charge in [-0.05, 0) is 37.0 Å². The minimum atomic E-state index is -4.03. The van der Waals surface area contributed by atoms with E-state index in [1.54, 1.807) is 6.92 Å². The molecule has 10 heteroatoms. The van der Waals surface area contributed by atoms with Crippen molar-refractivity contribution in [3.05, 3.63) is 65.2 Å². The Morgan fingerprint density at radius 3 is 2.29 bits per heavy atom. The highest BCUT2D eigenvalue weighted by Crippen LogP contribution is 2.22. The van der Waals surface area contributed by atoms with Crippen molar-refractivity contribution in [3.8, 4) is 0 Å². The Kier molecular flexibility index (Phi) is 9.76. The number of nitrogens with zero attached hydrogens (tertiary/aromatic N) is 2. The lowest BCUT2D eigenvalue weighted by Crippen LogP contribution is -2.52. The normalized spacial score (nSPS) is 12.3. The standard InChI is InChI=1S/C25H33F2N3O4S/c1-6-23(25(32)28-14-17(2)3)29(15-19-9-7-8-18(4)12-19)24(31)16-30(35(5,33)34)20-10-11-21(26)22(27)13-20/h7-13,17,23H,6,14-16H2,1-5H3,(H,28,32)/t23-/m0/s1. The van der Waals surface area contributed by atoms with Gasteiger partial charge in [0.25, 0.3) is 0 Å². The molecule has 0 aliphatic rings. The summed E-state index contributed by atoms with van der Waals surface area (Å²) in [4.78, 5) is 27.9. The number of hydrogen-bond acceptors (Lipinski definition) is 4. The topological polar surface area (TPSA) is 86.8 Å². The first-order valence-corrected chi connectivity index (χ1v) is 13.2. The van der Waals surface area contributed by atoms with E-state index in [9.17, 15) is 26.8 Å². The highest BCUT2D eigenvalue weighted by molar-refractivity contribution is 7.92. The van der Waals surface area contributed by atoms with Crippen molar-refractivity contribution < 1.29 is 26.8 Å². The molecule has 2 aromatic carbocycles. The first kappa shape index (κ1) is 28.2. The summed E-state index contributed by atoms with van der Waals surface area (Å²) >= 11 is 0. The molecule has 0 radical (unpaired) electrons. The van der Waals surface area contributed by atoms with Crippen molar-refractivity contribution in [2.75, 3.05) is 23.7 Å². The summed E-state index contributed by atoms with van der Waals surface area (Å²) in [6.07, 6.45) is 1.17. The van der Waals surface area contributed by atoms with E-state index < -0.39 is 40.2 Å². The van der Waals surface area contributed by atoms with Gasteiger partial charge in [-0.2, -0.15) is 0 Å². The second kappa shape index (κ2) is 12.1. The van der Waals surface area contributed by atoms with Gasteiger partial charge < -0.3 is 10.2 Å². The molecule has 7 nitrogen and oxygen atoms in total. The molecule has 2 rings (SSSR count). The molecule has 0 heterocycles. The first-order valence-electron chi connectivity index (χ1n) is 11.4. The Labute approximate surface area is 206 Å². The van der Waals surface area contributed by atoms with E-state index in [1.165, 1.54) is 4.90 Å². The zero-order valence-electron chi connectivity index (χ0n) is 20.7. The third kappa shape index (κ3) is 8.02. The molecule has 0 aliphatic heterocycles. The highest BCUT2D eigenvalue weighted by Gasteiger charge is 2.32. The van der Waals surface area contributed by atoms with Crippen LogP contribution in [0.2, 0.25) is 0 Å². The molecule has 0 saturated carbocycles. The fourth-order valence-corrected chi connectivity index (χ4v) is 4.44. The van der Waals surface area contributed by atoms with Gasteiger partial charge in [0.15, 0.2) is 11.6 Å². The summed E-state index contributed by atoms with van der Waals surface area (Å²) in [6, 6.07) is 9.18. The minimum absolute atomic E-state index is 0.0729. The van der Waals surface area contributed by atoms with E-state index in [-0.39, 0.29) is 24.1 Å². The van der Waals surface area contributed by atoms with Crippen LogP contribution in [-0.4, -0.2) is 50.5 Å². The van der Waals surface area contributed by atoms with Crippen LogP contribution in [0, 0.1) is 24.5 Å². The Morgan fingerprint density at radius 1 is 1.06 bits per heavy atom. The molecular weight excluding hydrogens is 476 g/mol. The van der Waals surface area contributed by atoms with Crippen LogP contribution in [0.4, 0.5) is 14.5 Å². The van der Waals surface area contributed by atoms with Crippen LogP contribution in [0.5, 0.6) is 0 Å². The van der Waals surface area contributed by atoms with Gasteiger partial charge in [0.05, 0.1) is 11.9 Å². The highest BCUT2D eigenvalue weighted by atomic mass is 32.2. The molecule has 0 fully saturated rings. The minimum Gasteiger partial charge on any atom is -0.354 e. The van der Waals surface area contributed by atoms with Crippen LogP contribution >= 0.6 is 0 Å². The van der Waals surface area contributed by atoms with Crippen molar-refractivity contribution in [2.45, 2.75) is 46.7 Å². The number of hydrogen-bond donors (Lipinski definition) is 1. The number of sulfonamides is 1. The number of benzene rings is 2. The van der Waals surface area contributed by atoms with Gasteiger partial charge in [-0.3, -0.25) is 13.9 Å². The lowest BCUT2D eigenvalue weighted by molar-refractivity contribution is -0.140. The quantitative estimate of drug-likeness (QED) is 0.501. The molecule has 192 valence electrons. The van der Waals surface area contributed by atoms with E-state index in [4.69, 9.17) is 0 Å². The Balaban J connectivity index is 2.44. The summed E-state index contributed by atoms with van der Waals surface area (Å²) in [6.45, 7) is 7.38. The molecule has 0 aliphatic carbocycles. The Hall–Kier alpha value is -3.01. The van der Waals surface area contributed by atoms with E-state index in [0.717, 1.165) is 35.6 Å². The van der Waals surface area contributed by atoms with Gasteiger partial charge >= 0.3 is 0 Å². The van der Waals surface area contributed by atoms with Crippen LogP contribution in [0.15, 0.2) is 42.5 Å². The maximum absolute atomic E-state index is 13.8. The number of amides is 2. The number of halogens is 2. The predicted octanol–water partition coefficient (Wildman–Crippen LogP) is 3.62. The summed E-state index contributed by atoms with van der Waals surface area (Å²) in [5.41, 5.74) is 1.55. The number of nitrogens with one attached hydrogen (secondary N) is 1. The maximum Gasteiger partial charge on any atom is 0.244 e. The molecule has 2 amide bonds. The monoisotopic (exact) mass is 509 g/mol. The van der Waals surface area contributed by atoms with Crippen LogP contribution in [-0.2, 0) is 26.2 Å². The first-order chi connectivity index (χ1) is 16.3. The summed E-state index contributed by atoms with van der Waals surface area (Å²) in [5.74, 6) is -3.16. The summed E-state index contributed by atoms with van der Waals surface area (Å²) < 4.78 is 53.0. The van der Waals surface area contributed by atoms with Crippen LogP contribution in [0.25, 0.3) is 0 Å².